The van der Waals surface area contributed by atoms with Gasteiger partial charge in [0.15, 0.2) is 0 Å². The van der Waals surface area contributed by atoms with Crippen LogP contribution in [-0.4, -0.2) is 47.4 Å². The summed E-state index contributed by atoms with van der Waals surface area (Å²) in [6.07, 6.45) is 92.6. The molecule has 0 spiro atoms. The van der Waals surface area contributed by atoms with Crippen molar-refractivity contribution in [1.82, 2.24) is 5.32 Å². The number of esters is 1. The maximum Gasteiger partial charge on any atom is 0.305 e. The summed E-state index contributed by atoms with van der Waals surface area (Å²) in [5.74, 6) is -0.0188. The van der Waals surface area contributed by atoms with E-state index in [2.05, 4.69) is 43.5 Å². The van der Waals surface area contributed by atoms with E-state index in [-0.39, 0.29) is 18.5 Å². The van der Waals surface area contributed by atoms with Gasteiger partial charge < -0.3 is 20.3 Å². The third-order valence-corrected chi connectivity index (χ3v) is 18.0. The highest BCUT2D eigenvalue weighted by Crippen LogP contribution is 2.20. The monoisotopic (exact) mass is 1170 g/mol. The van der Waals surface area contributed by atoms with E-state index in [4.69, 9.17) is 4.74 Å². The van der Waals surface area contributed by atoms with Crippen LogP contribution >= 0.6 is 0 Å². The van der Waals surface area contributed by atoms with Crippen molar-refractivity contribution in [3.8, 4) is 0 Å². The van der Waals surface area contributed by atoms with Crippen LogP contribution in [0.5, 0.6) is 0 Å². The molecule has 2 unspecified atom stereocenters. The van der Waals surface area contributed by atoms with E-state index < -0.39 is 12.1 Å². The van der Waals surface area contributed by atoms with E-state index in [9.17, 15) is 19.8 Å². The Morgan fingerprint density at radius 3 is 0.964 bits per heavy atom. The lowest BCUT2D eigenvalue weighted by atomic mass is 10.0. The molecular weight excluding hydrogens is 1020 g/mol. The number of ether oxygens (including phenoxy) is 1. The molecule has 3 N–H and O–H groups in total. The fraction of sp³-hybridized carbons (Fsp3) is 0.922. The Morgan fingerprint density at radius 1 is 0.337 bits per heavy atom. The summed E-state index contributed by atoms with van der Waals surface area (Å²) in [7, 11) is 0. The van der Waals surface area contributed by atoms with Gasteiger partial charge >= 0.3 is 5.97 Å². The van der Waals surface area contributed by atoms with E-state index >= 15 is 0 Å². The smallest absolute Gasteiger partial charge is 0.305 e. The summed E-state index contributed by atoms with van der Waals surface area (Å²) in [5.41, 5.74) is 0. The number of amides is 1. The van der Waals surface area contributed by atoms with Crippen LogP contribution in [0.15, 0.2) is 24.3 Å². The minimum atomic E-state index is -0.662. The number of hydrogen-bond donors (Lipinski definition) is 3. The largest absolute Gasteiger partial charge is 0.466 e. The molecule has 0 aliphatic rings. The highest BCUT2D eigenvalue weighted by molar-refractivity contribution is 5.76. The quantitative estimate of drug-likeness (QED) is 0.0320. The Labute approximate surface area is 520 Å². The van der Waals surface area contributed by atoms with Crippen molar-refractivity contribution >= 4 is 11.9 Å². The SMILES string of the molecule is CCC/C=C\C/C=C\CCCCCCCC(=O)OCCCCCCCCCCCCCCCCCCCCCCCCCCCCCCCCCCC(=O)NC(CO)C(O)CCCCCCCCCCCCCCCCCCCCCCC. The Morgan fingerprint density at radius 2 is 0.627 bits per heavy atom. The van der Waals surface area contributed by atoms with Crippen molar-refractivity contribution in [3.05, 3.63) is 24.3 Å². The second kappa shape index (κ2) is 72.8. The zero-order chi connectivity index (χ0) is 59.9. The second-order valence-corrected chi connectivity index (χ2v) is 26.3. The number of hydrogen-bond acceptors (Lipinski definition) is 5. The lowest BCUT2D eigenvalue weighted by molar-refractivity contribution is -0.143. The fourth-order valence-corrected chi connectivity index (χ4v) is 12.2. The Kier molecular flexibility index (Phi) is 71.4. The number of rotatable bonds is 72. The molecule has 0 saturated carbocycles. The van der Waals surface area contributed by atoms with Gasteiger partial charge in [-0.3, -0.25) is 9.59 Å². The highest BCUT2D eigenvalue weighted by atomic mass is 16.5. The molecule has 0 heterocycles. The number of carbonyl (C=O) groups excluding carboxylic acids is 2. The van der Waals surface area contributed by atoms with Gasteiger partial charge in [0.2, 0.25) is 5.91 Å². The van der Waals surface area contributed by atoms with Gasteiger partial charge in [0.25, 0.3) is 0 Å². The van der Waals surface area contributed by atoms with Gasteiger partial charge in [0, 0.05) is 12.8 Å². The van der Waals surface area contributed by atoms with Gasteiger partial charge in [0.05, 0.1) is 25.4 Å². The molecule has 1 amide bonds. The van der Waals surface area contributed by atoms with Crippen LogP contribution in [0, 0.1) is 0 Å². The fourth-order valence-electron chi connectivity index (χ4n) is 12.2. The summed E-state index contributed by atoms with van der Waals surface area (Å²) < 4.78 is 5.48. The van der Waals surface area contributed by atoms with Crippen molar-refractivity contribution in [1.29, 1.82) is 0 Å². The topological polar surface area (TPSA) is 95.9 Å². The molecule has 0 aliphatic carbocycles. The van der Waals surface area contributed by atoms with Crippen LogP contribution in [0.3, 0.4) is 0 Å². The maximum absolute atomic E-state index is 12.6. The van der Waals surface area contributed by atoms with Crippen molar-refractivity contribution in [2.75, 3.05) is 13.2 Å². The third kappa shape index (κ3) is 69.3. The molecule has 0 aromatic rings. The van der Waals surface area contributed by atoms with E-state index in [1.165, 1.54) is 347 Å². The van der Waals surface area contributed by atoms with Crippen molar-refractivity contribution in [2.24, 2.45) is 0 Å². The van der Waals surface area contributed by atoms with Gasteiger partial charge in [0.1, 0.15) is 0 Å². The Hall–Kier alpha value is -1.66. The molecule has 0 aliphatic heterocycles. The van der Waals surface area contributed by atoms with Crippen molar-refractivity contribution in [2.45, 2.75) is 443 Å². The van der Waals surface area contributed by atoms with Crippen LogP contribution < -0.4 is 5.32 Å². The number of allylic oxidation sites excluding steroid dienone is 4. The molecule has 83 heavy (non-hydrogen) atoms. The lowest BCUT2D eigenvalue weighted by Crippen LogP contribution is -2.45. The predicted molar refractivity (Wildman–Crippen MR) is 366 cm³/mol. The van der Waals surface area contributed by atoms with Crippen LogP contribution in [0.2, 0.25) is 0 Å². The first-order valence-corrected chi connectivity index (χ1v) is 38.1. The molecule has 492 valence electrons. The van der Waals surface area contributed by atoms with Gasteiger partial charge in [-0.2, -0.15) is 0 Å². The third-order valence-electron chi connectivity index (χ3n) is 18.0. The molecule has 6 nitrogen and oxygen atoms in total. The van der Waals surface area contributed by atoms with Gasteiger partial charge in [-0.1, -0.05) is 391 Å². The van der Waals surface area contributed by atoms with Gasteiger partial charge in [-0.05, 0) is 51.4 Å². The highest BCUT2D eigenvalue weighted by Gasteiger charge is 2.20. The molecule has 0 fully saturated rings. The standard InChI is InChI=1S/C77H149NO5/c1-3-5-7-9-11-13-15-17-18-19-20-33-36-39-42-46-49-53-57-61-65-69-75(80)74(73-79)78-76(81)70-66-62-58-54-50-47-43-40-37-34-31-29-27-25-23-21-22-24-26-28-30-32-35-38-41-44-48-52-56-60-64-68-72-83-77(82)71-67-63-59-55-51-45-16-14-12-10-8-6-4-2/h8,10,14,16,74-75,79-80H,3-7,9,11-13,15,17-73H2,1-2H3,(H,78,81)/b10-8-,16-14-. The first-order valence-electron chi connectivity index (χ1n) is 38.1. The summed E-state index contributed by atoms with van der Waals surface area (Å²) in [5, 5.41) is 23.4. The first kappa shape index (κ1) is 81.3. The average molecular weight is 1170 g/mol. The molecule has 0 rings (SSSR count). The second-order valence-electron chi connectivity index (χ2n) is 26.3. The molecule has 6 heteroatoms. The minimum absolute atomic E-state index is 0.00656. The molecule has 0 aromatic carbocycles. The number of nitrogens with one attached hydrogen (secondary N) is 1. The number of unbranched alkanes of at least 4 members (excludes halogenated alkanes) is 57. The van der Waals surface area contributed by atoms with E-state index in [0.717, 1.165) is 51.4 Å². The van der Waals surface area contributed by atoms with E-state index in [0.29, 0.717) is 25.9 Å². The molecule has 0 radical (unpaired) electrons. The van der Waals surface area contributed by atoms with E-state index in [1.54, 1.807) is 0 Å². The zero-order valence-electron chi connectivity index (χ0n) is 56.5. The molecule has 0 bridgehead atoms. The molecule has 0 saturated heterocycles. The Balaban J connectivity index is 3.33. The molecule has 2 atom stereocenters. The van der Waals surface area contributed by atoms with Gasteiger partial charge in [-0.15, -0.1) is 0 Å². The maximum atomic E-state index is 12.6. The van der Waals surface area contributed by atoms with Gasteiger partial charge in [-0.25, -0.2) is 0 Å². The zero-order valence-corrected chi connectivity index (χ0v) is 56.5. The van der Waals surface area contributed by atoms with E-state index in [1.807, 2.05) is 0 Å². The first-order chi connectivity index (χ1) is 41.0. The Bertz CT molecular complexity index is 1300. The van der Waals surface area contributed by atoms with Crippen LogP contribution in [0.1, 0.15) is 431 Å². The summed E-state index contributed by atoms with van der Waals surface area (Å²) in [6.45, 7) is 4.93. The normalized spacial score (nSPS) is 12.6. The number of carbonyl (C=O) groups is 2. The minimum Gasteiger partial charge on any atom is -0.466 e. The molecule has 0 aromatic heterocycles. The van der Waals surface area contributed by atoms with Crippen LogP contribution in [0.25, 0.3) is 0 Å². The van der Waals surface area contributed by atoms with Crippen molar-refractivity contribution < 1.29 is 24.5 Å². The summed E-state index contributed by atoms with van der Waals surface area (Å²) >= 11 is 0. The average Bonchev–Trinajstić information content (AvgIpc) is 3.49. The number of aliphatic hydroxyl groups excluding tert-OH is 2. The summed E-state index contributed by atoms with van der Waals surface area (Å²) in [6, 6.07) is -0.539. The molecular formula is C77H149NO5. The summed E-state index contributed by atoms with van der Waals surface area (Å²) in [4.78, 5) is 24.6. The number of aliphatic hydroxyl groups is 2. The predicted octanol–water partition coefficient (Wildman–Crippen LogP) is 24.9. The van der Waals surface area contributed by atoms with Crippen LogP contribution in [-0.2, 0) is 14.3 Å². The lowest BCUT2D eigenvalue weighted by Gasteiger charge is -2.22. The van der Waals surface area contributed by atoms with Crippen molar-refractivity contribution in [3.63, 3.8) is 0 Å². The van der Waals surface area contributed by atoms with Crippen LogP contribution in [0.4, 0.5) is 0 Å².